The maximum Gasteiger partial charge on any atom is 0.253 e. The minimum absolute atomic E-state index is 0.0984. The second kappa shape index (κ2) is 4.31. The number of rotatable bonds is 1. The fourth-order valence-corrected chi connectivity index (χ4v) is 2.70. The van der Waals surface area contributed by atoms with Gasteiger partial charge in [-0.1, -0.05) is 12.1 Å². The monoisotopic (exact) mass is 280 g/mol. The van der Waals surface area contributed by atoms with Gasteiger partial charge in [0.2, 0.25) is 0 Å². The largest absolute Gasteiger partial charge is 0.507 e. The molecule has 1 aliphatic rings. The number of carbonyl (C=O) groups is 1. The molecule has 3 aromatic rings. The van der Waals surface area contributed by atoms with Crippen LogP contribution in [0.1, 0.15) is 16.1 Å². The lowest BCUT2D eigenvalue weighted by Crippen LogP contribution is -2.31. The molecule has 0 unspecified atom stereocenters. The summed E-state index contributed by atoms with van der Waals surface area (Å²) in [4.78, 5) is 15.2. The molecule has 3 N–H and O–H groups in total. The zero-order chi connectivity index (χ0) is 14.4. The number of hydrogen-bond acceptors (Lipinski definition) is 4. The lowest BCUT2D eigenvalue weighted by Gasteiger charge is -2.11. The molecule has 1 aliphatic heterocycles. The fourth-order valence-electron chi connectivity index (χ4n) is 2.70. The van der Waals surface area contributed by atoms with Crippen LogP contribution in [0.5, 0.6) is 5.75 Å². The molecular formula is C15H12N4O2. The van der Waals surface area contributed by atoms with Crippen molar-refractivity contribution >= 4 is 16.9 Å². The van der Waals surface area contributed by atoms with Crippen molar-refractivity contribution in [1.29, 1.82) is 0 Å². The van der Waals surface area contributed by atoms with Crippen LogP contribution in [0.3, 0.4) is 0 Å². The fraction of sp³-hybridized carbons (Fsp3) is 0.133. The number of carbonyl (C=O) groups excluding carboxylic acids is 1. The summed E-state index contributed by atoms with van der Waals surface area (Å²) in [6, 6.07) is 8.72. The highest BCUT2D eigenvalue weighted by Gasteiger charge is 2.23. The predicted molar refractivity (Wildman–Crippen MR) is 77.0 cm³/mol. The third kappa shape index (κ3) is 1.76. The van der Waals surface area contributed by atoms with Crippen LogP contribution in [0.2, 0.25) is 0 Å². The van der Waals surface area contributed by atoms with E-state index in [2.05, 4.69) is 20.5 Å². The average Bonchev–Trinajstić information content (AvgIpc) is 2.86. The average molecular weight is 280 g/mol. The Labute approximate surface area is 119 Å². The number of aromatic hydroxyl groups is 1. The number of fused-ring (bicyclic) bond motifs is 3. The number of phenols is 1. The lowest BCUT2D eigenvalue weighted by molar-refractivity contribution is 0.0947. The van der Waals surface area contributed by atoms with Crippen molar-refractivity contribution in [3.63, 3.8) is 0 Å². The van der Waals surface area contributed by atoms with Gasteiger partial charge in [0.1, 0.15) is 5.75 Å². The van der Waals surface area contributed by atoms with Gasteiger partial charge in [-0.05, 0) is 18.2 Å². The summed E-state index contributed by atoms with van der Waals surface area (Å²) in [7, 11) is 0. The van der Waals surface area contributed by atoms with E-state index in [0.717, 1.165) is 17.5 Å². The molecule has 0 saturated heterocycles. The number of benzene rings is 1. The van der Waals surface area contributed by atoms with Crippen molar-refractivity contribution in [2.45, 2.75) is 6.42 Å². The van der Waals surface area contributed by atoms with E-state index in [1.807, 2.05) is 6.07 Å². The Morgan fingerprint density at radius 2 is 2.05 bits per heavy atom. The van der Waals surface area contributed by atoms with Crippen molar-refractivity contribution in [3.05, 3.63) is 41.6 Å². The molecule has 21 heavy (non-hydrogen) atoms. The van der Waals surface area contributed by atoms with Crippen LogP contribution in [0.25, 0.3) is 22.3 Å². The topological polar surface area (TPSA) is 90.9 Å². The van der Waals surface area contributed by atoms with E-state index in [-0.39, 0.29) is 11.7 Å². The van der Waals surface area contributed by atoms with Gasteiger partial charge in [-0.3, -0.25) is 4.79 Å². The van der Waals surface area contributed by atoms with Gasteiger partial charge in [-0.25, -0.2) is 0 Å². The van der Waals surface area contributed by atoms with Gasteiger partial charge in [0.25, 0.3) is 5.91 Å². The molecule has 0 atom stereocenters. The molecule has 0 spiro atoms. The summed E-state index contributed by atoms with van der Waals surface area (Å²) in [6.45, 7) is 0.623. The minimum Gasteiger partial charge on any atom is -0.507 e. The SMILES string of the molecule is O=C1NCCc2[nH]c3nnc(-c4ccccc4O)cc3c21. The van der Waals surface area contributed by atoms with E-state index in [9.17, 15) is 9.90 Å². The molecule has 2 aromatic heterocycles. The first-order valence-electron chi connectivity index (χ1n) is 6.69. The van der Waals surface area contributed by atoms with Gasteiger partial charge in [0, 0.05) is 29.6 Å². The number of para-hydroxylation sites is 1. The van der Waals surface area contributed by atoms with Gasteiger partial charge < -0.3 is 15.4 Å². The first-order valence-corrected chi connectivity index (χ1v) is 6.69. The molecule has 0 radical (unpaired) electrons. The van der Waals surface area contributed by atoms with Crippen LogP contribution >= 0.6 is 0 Å². The maximum absolute atomic E-state index is 12.0. The number of H-pyrrole nitrogens is 1. The highest BCUT2D eigenvalue weighted by atomic mass is 16.3. The zero-order valence-corrected chi connectivity index (χ0v) is 11.1. The van der Waals surface area contributed by atoms with Crippen molar-refractivity contribution in [1.82, 2.24) is 20.5 Å². The van der Waals surface area contributed by atoms with Gasteiger partial charge in [-0.2, -0.15) is 0 Å². The van der Waals surface area contributed by atoms with E-state index < -0.39 is 0 Å². The smallest absolute Gasteiger partial charge is 0.253 e. The molecular weight excluding hydrogens is 268 g/mol. The summed E-state index contributed by atoms with van der Waals surface area (Å²) < 4.78 is 0. The summed E-state index contributed by atoms with van der Waals surface area (Å²) in [5, 5.41) is 21.8. The van der Waals surface area contributed by atoms with Gasteiger partial charge >= 0.3 is 0 Å². The molecule has 1 amide bonds. The zero-order valence-electron chi connectivity index (χ0n) is 11.1. The first-order chi connectivity index (χ1) is 10.2. The van der Waals surface area contributed by atoms with E-state index in [0.29, 0.717) is 29.0 Å². The van der Waals surface area contributed by atoms with E-state index in [4.69, 9.17) is 0 Å². The highest BCUT2D eigenvalue weighted by Crippen LogP contribution is 2.30. The number of phenolic OH excluding ortho intramolecular Hbond substituents is 1. The second-order valence-corrected chi connectivity index (χ2v) is 4.99. The maximum atomic E-state index is 12.0. The molecule has 1 aromatic carbocycles. The molecule has 0 bridgehead atoms. The van der Waals surface area contributed by atoms with Crippen LogP contribution in [0.15, 0.2) is 30.3 Å². The van der Waals surface area contributed by atoms with Crippen molar-refractivity contribution in [2.75, 3.05) is 6.54 Å². The normalized spacial score (nSPS) is 14.0. The first kappa shape index (κ1) is 11.9. The summed E-state index contributed by atoms with van der Waals surface area (Å²) in [6.07, 6.45) is 0.753. The van der Waals surface area contributed by atoms with Gasteiger partial charge in [0.15, 0.2) is 5.65 Å². The summed E-state index contributed by atoms with van der Waals surface area (Å²) in [5.74, 6) is 0.0405. The van der Waals surface area contributed by atoms with Crippen LogP contribution in [0.4, 0.5) is 0 Å². The number of amides is 1. The quantitative estimate of drug-likeness (QED) is 0.631. The van der Waals surface area contributed by atoms with E-state index in [1.54, 1.807) is 24.3 Å². The predicted octanol–water partition coefficient (Wildman–Crippen LogP) is 1.62. The lowest BCUT2D eigenvalue weighted by atomic mass is 10.0. The molecule has 4 rings (SSSR count). The number of nitrogens with zero attached hydrogens (tertiary/aromatic N) is 2. The molecule has 3 heterocycles. The number of aromatic nitrogens is 3. The third-order valence-electron chi connectivity index (χ3n) is 3.70. The van der Waals surface area contributed by atoms with Crippen LogP contribution in [0, 0.1) is 0 Å². The van der Waals surface area contributed by atoms with Crippen molar-refractivity contribution in [2.24, 2.45) is 0 Å². The Kier molecular flexibility index (Phi) is 2.44. The number of hydrogen-bond donors (Lipinski definition) is 3. The Balaban J connectivity index is 1.96. The van der Waals surface area contributed by atoms with E-state index in [1.165, 1.54) is 0 Å². The van der Waals surface area contributed by atoms with Gasteiger partial charge in [0.05, 0.1) is 11.3 Å². The van der Waals surface area contributed by atoms with Crippen molar-refractivity contribution in [3.8, 4) is 17.0 Å². The Morgan fingerprint density at radius 1 is 1.19 bits per heavy atom. The second-order valence-electron chi connectivity index (χ2n) is 4.99. The summed E-state index contributed by atoms with van der Waals surface area (Å²) >= 11 is 0. The third-order valence-corrected chi connectivity index (χ3v) is 3.70. The van der Waals surface area contributed by atoms with E-state index >= 15 is 0 Å². The Hall–Kier alpha value is -2.89. The molecule has 0 saturated carbocycles. The minimum atomic E-state index is -0.0984. The number of nitrogens with one attached hydrogen (secondary N) is 2. The van der Waals surface area contributed by atoms with Crippen LogP contribution in [-0.2, 0) is 6.42 Å². The molecule has 6 nitrogen and oxygen atoms in total. The molecule has 0 fully saturated rings. The highest BCUT2D eigenvalue weighted by molar-refractivity contribution is 6.08. The van der Waals surface area contributed by atoms with Gasteiger partial charge in [-0.15, -0.1) is 10.2 Å². The van der Waals surface area contributed by atoms with Crippen LogP contribution in [-0.4, -0.2) is 32.7 Å². The number of aromatic amines is 1. The molecule has 0 aliphatic carbocycles. The standard InChI is InChI=1S/C15H12N4O2/c20-12-4-2-1-3-8(12)11-7-9-13-10(5-6-16-15(13)21)17-14(9)19-18-11/h1-4,7,20H,5-6H2,(H,16,21)(H,17,19). The Bertz CT molecular complexity index is 869. The molecule has 6 heteroatoms. The van der Waals surface area contributed by atoms with Crippen molar-refractivity contribution < 1.29 is 9.90 Å². The Morgan fingerprint density at radius 3 is 2.90 bits per heavy atom. The van der Waals surface area contributed by atoms with Crippen LogP contribution < -0.4 is 5.32 Å². The summed E-state index contributed by atoms with van der Waals surface area (Å²) in [5.41, 5.74) is 3.25. The molecule has 104 valence electrons.